The number of carbonyl (C=O) groups excluding carboxylic acids is 1. The number of amides is 1. The number of oxazole rings is 1. The van der Waals surface area contributed by atoms with E-state index in [1.807, 2.05) is 0 Å². The Labute approximate surface area is 194 Å². The number of likely N-dealkylation sites (tertiary alicyclic amines) is 1. The predicted octanol–water partition coefficient (Wildman–Crippen LogP) is 5.21. The Morgan fingerprint density at radius 3 is 2.62 bits per heavy atom. The molecule has 1 fully saturated rings. The van der Waals surface area contributed by atoms with Gasteiger partial charge in [0.1, 0.15) is 5.82 Å². The minimum atomic E-state index is -4.35. The van der Waals surface area contributed by atoms with Gasteiger partial charge in [0.15, 0.2) is 11.7 Å². The van der Waals surface area contributed by atoms with Crippen molar-refractivity contribution >= 4 is 5.91 Å². The van der Waals surface area contributed by atoms with E-state index in [1.165, 1.54) is 24.4 Å². The molecule has 34 heavy (non-hydrogen) atoms. The Morgan fingerprint density at radius 2 is 1.88 bits per heavy atom. The van der Waals surface area contributed by atoms with Gasteiger partial charge < -0.3 is 9.73 Å². The van der Waals surface area contributed by atoms with Gasteiger partial charge in [-0.2, -0.15) is 13.2 Å². The second kappa shape index (κ2) is 10.4. The molecule has 1 N–H and O–H groups in total. The summed E-state index contributed by atoms with van der Waals surface area (Å²) >= 11 is 0. The Kier molecular flexibility index (Phi) is 7.31. The van der Waals surface area contributed by atoms with Crippen molar-refractivity contribution in [3.8, 4) is 11.3 Å². The molecule has 2 aromatic carbocycles. The Bertz CT molecular complexity index is 1120. The molecular weight excluding hydrogens is 450 g/mol. The highest BCUT2D eigenvalue weighted by Gasteiger charge is 2.30. The molecule has 4 rings (SSSR count). The van der Waals surface area contributed by atoms with Crippen LogP contribution >= 0.6 is 0 Å². The molecule has 5 nitrogen and oxygen atoms in total. The van der Waals surface area contributed by atoms with Crippen LogP contribution in [0, 0.1) is 5.82 Å². The highest BCUT2D eigenvalue weighted by atomic mass is 19.4. The van der Waals surface area contributed by atoms with Crippen LogP contribution < -0.4 is 5.32 Å². The van der Waals surface area contributed by atoms with Crippen LogP contribution in [0.5, 0.6) is 0 Å². The summed E-state index contributed by atoms with van der Waals surface area (Å²) in [5.74, 6) is 0.162. The summed E-state index contributed by atoms with van der Waals surface area (Å²) in [4.78, 5) is 18.6. The van der Waals surface area contributed by atoms with Crippen LogP contribution in [0.4, 0.5) is 17.6 Å². The van der Waals surface area contributed by atoms with Crippen molar-refractivity contribution < 1.29 is 26.8 Å². The fourth-order valence-corrected chi connectivity index (χ4v) is 4.07. The number of aryl methyl sites for hydroxylation is 1. The second-order valence-corrected chi connectivity index (χ2v) is 8.41. The molecule has 1 aromatic heterocycles. The largest absolute Gasteiger partial charge is 0.441 e. The zero-order chi connectivity index (χ0) is 24.1. The molecule has 0 radical (unpaired) electrons. The molecule has 1 aliphatic heterocycles. The molecular formula is C25H25F4N3O2. The van der Waals surface area contributed by atoms with E-state index in [1.54, 1.807) is 24.3 Å². The van der Waals surface area contributed by atoms with Gasteiger partial charge in [-0.25, -0.2) is 9.37 Å². The topological polar surface area (TPSA) is 58.4 Å². The zero-order valence-corrected chi connectivity index (χ0v) is 18.4. The molecule has 2 heterocycles. The van der Waals surface area contributed by atoms with Crippen LogP contribution in [-0.4, -0.2) is 34.9 Å². The van der Waals surface area contributed by atoms with E-state index in [9.17, 15) is 22.4 Å². The van der Waals surface area contributed by atoms with Crippen molar-refractivity contribution in [1.29, 1.82) is 0 Å². The normalized spacial score (nSPS) is 15.4. The maximum absolute atomic E-state index is 13.9. The van der Waals surface area contributed by atoms with Gasteiger partial charge in [-0.05, 0) is 36.6 Å². The van der Waals surface area contributed by atoms with E-state index < -0.39 is 17.6 Å². The number of rotatable bonds is 7. The van der Waals surface area contributed by atoms with E-state index in [0.717, 1.165) is 18.9 Å². The molecule has 0 saturated carbocycles. The maximum atomic E-state index is 13.9. The molecule has 1 saturated heterocycles. The molecule has 9 heteroatoms. The third kappa shape index (κ3) is 6.22. The molecule has 3 aromatic rings. The second-order valence-electron chi connectivity index (χ2n) is 8.41. The summed E-state index contributed by atoms with van der Waals surface area (Å²) in [6, 6.07) is 11.7. The number of halogens is 4. The lowest BCUT2D eigenvalue weighted by Gasteiger charge is -2.32. The third-order valence-electron chi connectivity index (χ3n) is 5.87. The van der Waals surface area contributed by atoms with E-state index in [0.29, 0.717) is 48.8 Å². The number of piperidine rings is 1. The van der Waals surface area contributed by atoms with Gasteiger partial charge in [0, 0.05) is 38.5 Å². The fourth-order valence-electron chi connectivity index (χ4n) is 4.07. The molecule has 0 atom stereocenters. The van der Waals surface area contributed by atoms with Crippen LogP contribution in [0.1, 0.15) is 36.3 Å². The number of nitrogens with one attached hydrogen (secondary N) is 1. The van der Waals surface area contributed by atoms with Crippen LogP contribution in [0.25, 0.3) is 11.3 Å². The standard InChI is InChI=1S/C25H25F4N3O2/c26-21-7-2-1-6-20(21)22-15-30-24(34-22)9-8-23(33)31-19-10-12-32(13-11-19)16-17-4-3-5-18(14-17)25(27,28)29/h1-7,14-15,19H,8-13,16H2,(H,31,33). The summed E-state index contributed by atoms with van der Waals surface area (Å²) < 4.78 is 58.2. The van der Waals surface area contributed by atoms with E-state index >= 15 is 0 Å². The van der Waals surface area contributed by atoms with Gasteiger partial charge in [-0.15, -0.1) is 0 Å². The SMILES string of the molecule is O=C(CCc1ncc(-c2ccccc2F)o1)NC1CCN(Cc2cccc(C(F)(F)F)c2)CC1. The molecule has 0 aliphatic carbocycles. The lowest BCUT2D eigenvalue weighted by Crippen LogP contribution is -2.44. The lowest BCUT2D eigenvalue weighted by atomic mass is 10.0. The average Bonchev–Trinajstić information content (AvgIpc) is 3.28. The van der Waals surface area contributed by atoms with Gasteiger partial charge in [0.25, 0.3) is 0 Å². The van der Waals surface area contributed by atoms with Gasteiger partial charge in [-0.1, -0.05) is 30.3 Å². The molecule has 1 amide bonds. The molecule has 180 valence electrons. The highest BCUT2D eigenvalue weighted by Crippen LogP contribution is 2.30. The minimum absolute atomic E-state index is 0.0174. The summed E-state index contributed by atoms with van der Waals surface area (Å²) in [6.07, 6.45) is -0.956. The lowest BCUT2D eigenvalue weighted by molar-refractivity contribution is -0.137. The number of hydrogen-bond acceptors (Lipinski definition) is 4. The Morgan fingerprint density at radius 1 is 1.12 bits per heavy atom. The minimum Gasteiger partial charge on any atom is -0.441 e. The number of aromatic nitrogens is 1. The quantitative estimate of drug-likeness (QED) is 0.477. The molecule has 0 spiro atoms. The van der Waals surface area contributed by atoms with Gasteiger partial charge >= 0.3 is 6.18 Å². The van der Waals surface area contributed by atoms with Gasteiger partial charge in [-0.3, -0.25) is 9.69 Å². The number of hydrogen-bond donors (Lipinski definition) is 1. The maximum Gasteiger partial charge on any atom is 0.416 e. The monoisotopic (exact) mass is 475 g/mol. The number of alkyl halides is 3. The van der Waals surface area contributed by atoms with Crippen molar-refractivity contribution in [2.45, 2.75) is 44.4 Å². The number of benzene rings is 2. The van der Waals surface area contributed by atoms with Crippen LogP contribution in [0.2, 0.25) is 0 Å². The van der Waals surface area contributed by atoms with Crippen LogP contribution in [-0.2, 0) is 23.9 Å². The molecule has 0 bridgehead atoms. The van der Waals surface area contributed by atoms with E-state index in [4.69, 9.17) is 4.42 Å². The van der Waals surface area contributed by atoms with Crippen LogP contribution in [0.15, 0.2) is 59.1 Å². The predicted molar refractivity (Wildman–Crippen MR) is 118 cm³/mol. The van der Waals surface area contributed by atoms with Crippen molar-refractivity contribution in [1.82, 2.24) is 15.2 Å². The molecule has 0 unspecified atom stereocenters. The Balaban J connectivity index is 1.21. The van der Waals surface area contributed by atoms with Crippen molar-refractivity contribution in [3.05, 3.63) is 77.6 Å². The van der Waals surface area contributed by atoms with Crippen LogP contribution in [0.3, 0.4) is 0 Å². The zero-order valence-electron chi connectivity index (χ0n) is 18.4. The first-order valence-corrected chi connectivity index (χ1v) is 11.2. The molecule has 1 aliphatic rings. The first kappa shape index (κ1) is 23.9. The van der Waals surface area contributed by atoms with E-state index in [-0.39, 0.29) is 18.4 Å². The van der Waals surface area contributed by atoms with E-state index in [2.05, 4.69) is 15.2 Å². The number of nitrogens with zero attached hydrogens (tertiary/aromatic N) is 2. The summed E-state index contributed by atoms with van der Waals surface area (Å²) in [7, 11) is 0. The van der Waals surface area contributed by atoms with Gasteiger partial charge in [0.2, 0.25) is 5.91 Å². The first-order valence-electron chi connectivity index (χ1n) is 11.2. The van der Waals surface area contributed by atoms with Crippen molar-refractivity contribution in [2.75, 3.05) is 13.1 Å². The van der Waals surface area contributed by atoms with Gasteiger partial charge in [0.05, 0.1) is 17.3 Å². The summed E-state index contributed by atoms with van der Waals surface area (Å²) in [5.41, 5.74) is 0.305. The van der Waals surface area contributed by atoms with Crippen molar-refractivity contribution in [2.24, 2.45) is 0 Å². The highest BCUT2D eigenvalue weighted by molar-refractivity contribution is 5.76. The third-order valence-corrected chi connectivity index (χ3v) is 5.87. The number of carbonyl (C=O) groups is 1. The first-order chi connectivity index (χ1) is 16.3. The fraction of sp³-hybridized carbons (Fsp3) is 0.360. The Hall–Kier alpha value is -3.20. The summed E-state index contributed by atoms with van der Waals surface area (Å²) in [5, 5.41) is 3.01. The smallest absolute Gasteiger partial charge is 0.416 e. The average molecular weight is 475 g/mol. The summed E-state index contributed by atoms with van der Waals surface area (Å²) in [6.45, 7) is 1.82. The van der Waals surface area contributed by atoms with Crippen molar-refractivity contribution in [3.63, 3.8) is 0 Å².